The lowest BCUT2D eigenvalue weighted by atomic mass is 10.1. The summed E-state index contributed by atoms with van der Waals surface area (Å²) in [5, 5.41) is 0.691. The molecule has 0 fully saturated rings. The van der Waals surface area contributed by atoms with Crippen molar-refractivity contribution < 1.29 is 4.74 Å². The van der Waals surface area contributed by atoms with Crippen molar-refractivity contribution in [1.29, 1.82) is 0 Å². The van der Waals surface area contributed by atoms with E-state index in [4.69, 9.17) is 27.9 Å². The van der Waals surface area contributed by atoms with Gasteiger partial charge in [-0.2, -0.15) is 0 Å². The van der Waals surface area contributed by atoms with Crippen molar-refractivity contribution in [1.82, 2.24) is 9.55 Å². The van der Waals surface area contributed by atoms with Gasteiger partial charge >= 0.3 is 0 Å². The monoisotopic (exact) mass is 314 g/mol. The fourth-order valence-corrected chi connectivity index (χ4v) is 2.45. The Labute approximate surface area is 129 Å². The maximum atomic E-state index is 5.99. The number of benzene rings is 1. The van der Waals surface area contributed by atoms with Gasteiger partial charge in [0.25, 0.3) is 0 Å². The molecule has 0 radical (unpaired) electrons. The van der Waals surface area contributed by atoms with Gasteiger partial charge in [-0.15, -0.1) is 11.6 Å². The molecule has 0 aliphatic rings. The van der Waals surface area contributed by atoms with Crippen LogP contribution in [0.3, 0.4) is 0 Å². The van der Waals surface area contributed by atoms with Gasteiger partial charge in [-0.25, -0.2) is 4.98 Å². The van der Waals surface area contributed by atoms with Crippen LogP contribution in [0.2, 0.25) is 5.02 Å². The molecule has 0 spiro atoms. The first kappa shape index (κ1) is 15.6. The SMILES string of the molecule is CC(C)CCOCCn1c(CCl)nc2cc(Cl)ccc21. The molecule has 1 heterocycles. The predicted molar refractivity (Wildman–Crippen MR) is 84.6 cm³/mol. The molecular formula is C15H20Cl2N2O. The Morgan fingerprint density at radius 3 is 2.80 bits per heavy atom. The zero-order valence-corrected chi connectivity index (χ0v) is 13.4. The summed E-state index contributed by atoms with van der Waals surface area (Å²) in [7, 11) is 0. The Balaban J connectivity index is 2.04. The lowest BCUT2D eigenvalue weighted by Crippen LogP contribution is -2.10. The molecule has 0 atom stereocenters. The lowest BCUT2D eigenvalue weighted by molar-refractivity contribution is 0.116. The third-order valence-electron chi connectivity index (χ3n) is 3.21. The second kappa shape index (κ2) is 7.30. The van der Waals surface area contributed by atoms with E-state index in [0.717, 1.165) is 36.4 Å². The molecule has 2 rings (SSSR count). The molecule has 0 unspecified atom stereocenters. The molecule has 5 heteroatoms. The minimum Gasteiger partial charge on any atom is -0.380 e. The summed E-state index contributed by atoms with van der Waals surface area (Å²) in [6, 6.07) is 5.72. The Bertz CT molecular complexity index is 566. The van der Waals surface area contributed by atoms with Crippen molar-refractivity contribution in [2.24, 2.45) is 5.92 Å². The number of nitrogens with zero attached hydrogens (tertiary/aromatic N) is 2. The topological polar surface area (TPSA) is 27.1 Å². The highest BCUT2D eigenvalue weighted by atomic mass is 35.5. The van der Waals surface area contributed by atoms with Crippen LogP contribution in [0.15, 0.2) is 18.2 Å². The van der Waals surface area contributed by atoms with Gasteiger partial charge in [0.15, 0.2) is 0 Å². The minimum absolute atomic E-state index is 0.387. The summed E-state index contributed by atoms with van der Waals surface area (Å²) in [6.07, 6.45) is 1.09. The Morgan fingerprint density at radius 2 is 2.10 bits per heavy atom. The van der Waals surface area contributed by atoms with Crippen LogP contribution in [0.5, 0.6) is 0 Å². The van der Waals surface area contributed by atoms with Crippen molar-refractivity contribution in [3.8, 4) is 0 Å². The molecule has 2 aromatic rings. The quantitative estimate of drug-likeness (QED) is 0.556. The number of alkyl halides is 1. The molecule has 1 aromatic heterocycles. The summed E-state index contributed by atoms with van der Waals surface area (Å²) < 4.78 is 7.78. The average molecular weight is 315 g/mol. The van der Waals surface area contributed by atoms with Gasteiger partial charge in [0.2, 0.25) is 0 Å². The second-order valence-corrected chi connectivity index (χ2v) is 5.94. The third kappa shape index (κ3) is 3.87. The highest BCUT2D eigenvalue weighted by Crippen LogP contribution is 2.21. The van der Waals surface area contributed by atoms with Crippen molar-refractivity contribution >= 4 is 34.2 Å². The summed E-state index contributed by atoms with van der Waals surface area (Å²) in [5.41, 5.74) is 1.94. The van der Waals surface area contributed by atoms with Gasteiger partial charge in [0.05, 0.1) is 23.5 Å². The number of halogens is 2. The molecule has 3 nitrogen and oxygen atoms in total. The van der Waals surface area contributed by atoms with Crippen molar-refractivity contribution in [2.45, 2.75) is 32.7 Å². The molecule has 1 aromatic carbocycles. The van der Waals surface area contributed by atoms with Gasteiger partial charge in [-0.3, -0.25) is 0 Å². The van der Waals surface area contributed by atoms with Gasteiger partial charge < -0.3 is 9.30 Å². The van der Waals surface area contributed by atoms with E-state index in [1.165, 1.54) is 0 Å². The van der Waals surface area contributed by atoms with Crippen LogP contribution in [-0.4, -0.2) is 22.8 Å². The molecular weight excluding hydrogens is 295 g/mol. The van der Waals surface area contributed by atoms with Crippen LogP contribution in [0.4, 0.5) is 0 Å². The van der Waals surface area contributed by atoms with Gasteiger partial charge in [-0.1, -0.05) is 25.4 Å². The summed E-state index contributed by atoms with van der Waals surface area (Å²) in [6.45, 7) is 6.62. The molecule has 110 valence electrons. The van der Waals surface area contributed by atoms with E-state index in [9.17, 15) is 0 Å². The number of hydrogen-bond donors (Lipinski definition) is 0. The normalized spacial score (nSPS) is 11.7. The number of ether oxygens (including phenoxy) is 1. The molecule has 0 N–H and O–H groups in total. The van der Waals surface area contributed by atoms with E-state index in [0.29, 0.717) is 23.4 Å². The first-order valence-electron chi connectivity index (χ1n) is 6.90. The van der Waals surface area contributed by atoms with Crippen LogP contribution in [0.25, 0.3) is 11.0 Å². The number of fused-ring (bicyclic) bond motifs is 1. The van der Waals surface area contributed by atoms with Gasteiger partial charge in [0, 0.05) is 18.2 Å². The number of aromatic nitrogens is 2. The fourth-order valence-electron chi connectivity index (χ4n) is 2.08. The smallest absolute Gasteiger partial charge is 0.124 e. The zero-order chi connectivity index (χ0) is 14.5. The highest BCUT2D eigenvalue weighted by molar-refractivity contribution is 6.31. The molecule has 0 saturated carbocycles. The first-order valence-corrected chi connectivity index (χ1v) is 7.81. The van der Waals surface area contributed by atoms with Gasteiger partial charge in [0.1, 0.15) is 5.82 Å². The van der Waals surface area contributed by atoms with E-state index in [1.807, 2.05) is 18.2 Å². The molecule has 0 aliphatic heterocycles. The van der Waals surface area contributed by atoms with Crippen LogP contribution in [0, 0.1) is 5.92 Å². The summed E-state index contributed by atoms with van der Waals surface area (Å²) in [4.78, 5) is 4.51. The maximum Gasteiger partial charge on any atom is 0.124 e. The first-order chi connectivity index (χ1) is 9.61. The van der Waals surface area contributed by atoms with Crippen LogP contribution < -0.4 is 0 Å². The lowest BCUT2D eigenvalue weighted by Gasteiger charge is -2.09. The second-order valence-electron chi connectivity index (χ2n) is 5.24. The van der Waals surface area contributed by atoms with E-state index < -0.39 is 0 Å². The largest absolute Gasteiger partial charge is 0.380 e. The summed E-state index contributed by atoms with van der Waals surface area (Å²) in [5.74, 6) is 1.92. The average Bonchev–Trinajstić information content (AvgIpc) is 2.75. The highest BCUT2D eigenvalue weighted by Gasteiger charge is 2.10. The molecule has 20 heavy (non-hydrogen) atoms. The summed E-state index contributed by atoms with van der Waals surface area (Å²) >= 11 is 12.0. The van der Waals surface area contributed by atoms with Crippen molar-refractivity contribution in [2.75, 3.05) is 13.2 Å². The molecule has 0 bridgehead atoms. The fraction of sp³-hybridized carbons (Fsp3) is 0.533. The van der Waals surface area contributed by atoms with E-state index in [1.54, 1.807) is 0 Å². The maximum absolute atomic E-state index is 5.99. The standard InChI is InChI=1S/C15H20Cl2N2O/c1-11(2)5-7-20-8-6-19-14-4-3-12(17)9-13(14)18-15(19)10-16/h3-4,9,11H,5-8,10H2,1-2H3. The van der Waals surface area contributed by atoms with E-state index in [-0.39, 0.29) is 0 Å². The third-order valence-corrected chi connectivity index (χ3v) is 3.68. The Morgan fingerprint density at radius 1 is 1.30 bits per heavy atom. The van der Waals surface area contributed by atoms with Crippen LogP contribution in [-0.2, 0) is 17.2 Å². The van der Waals surface area contributed by atoms with Crippen molar-refractivity contribution in [3.05, 3.63) is 29.0 Å². The van der Waals surface area contributed by atoms with Crippen molar-refractivity contribution in [3.63, 3.8) is 0 Å². The molecule has 0 aliphatic carbocycles. The zero-order valence-electron chi connectivity index (χ0n) is 11.9. The van der Waals surface area contributed by atoms with E-state index in [2.05, 4.69) is 23.4 Å². The van der Waals surface area contributed by atoms with Crippen LogP contribution >= 0.6 is 23.2 Å². The Kier molecular flexibility index (Phi) is 5.70. The predicted octanol–water partition coefficient (Wildman–Crippen LogP) is 4.49. The number of hydrogen-bond acceptors (Lipinski definition) is 2. The number of imidazole rings is 1. The minimum atomic E-state index is 0.387. The van der Waals surface area contributed by atoms with Crippen LogP contribution in [0.1, 0.15) is 26.1 Å². The van der Waals surface area contributed by atoms with E-state index >= 15 is 0 Å². The van der Waals surface area contributed by atoms with Gasteiger partial charge in [-0.05, 0) is 30.5 Å². The molecule has 0 saturated heterocycles. The molecule has 0 amide bonds. The number of rotatable bonds is 7. The Hall–Kier alpha value is -0.770.